The summed E-state index contributed by atoms with van der Waals surface area (Å²) in [6.07, 6.45) is -2.83. The second-order valence-electron chi connectivity index (χ2n) is 3.94. The zero-order valence-corrected chi connectivity index (χ0v) is 9.62. The molecule has 2 rings (SSSR count). The number of pyridine rings is 1. The molecular formula is C13H11F3N2. The van der Waals surface area contributed by atoms with Crippen LogP contribution in [-0.2, 0) is 6.18 Å². The van der Waals surface area contributed by atoms with Gasteiger partial charge in [0, 0.05) is 11.8 Å². The summed E-state index contributed by atoms with van der Waals surface area (Å²) in [4.78, 5) is 3.99. The highest BCUT2D eigenvalue weighted by Gasteiger charge is 2.30. The lowest BCUT2D eigenvalue weighted by Gasteiger charge is -2.11. The number of aryl methyl sites for hydroxylation is 1. The molecule has 0 saturated carbocycles. The van der Waals surface area contributed by atoms with Crippen LogP contribution in [0, 0.1) is 6.92 Å². The Morgan fingerprint density at radius 1 is 1.17 bits per heavy atom. The van der Waals surface area contributed by atoms with Crippen molar-refractivity contribution in [2.24, 2.45) is 0 Å². The highest BCUT2D eigenvalue weighted by molar-refractivity contribution is 5.77. The van der Waals surface area contributed by atoms with E-state index in [9.17, 15) is 13.2 Å². The lowest BCUT2D eigenvalue weighted by Crippen LogP contribution is -2.05. The smallest absolute Gasteiger partial charge is 0.397 e. The molecule has 1 aromatic carbocycles. The predicted molar refractivity (Wildman–Crippen MR) is 63.8 cm³/mol. The van der Waals surface area contributed by atoms with E-state index in [4.69, 9.17) is 5.73 Å². The zero-order valence-electron chi connectivity index (χ0n) is 9.62. The van der Waals surface area contributed by atoms with Crippen molar-refractivity contribution in [3.05, 3.63) is 47.8 Å². The minimum atomic E-state index is -4.35. The molecule has 0 aliphatic carbocycles. The Balaban J connectivity index is 2.55. The monoisotopic (exact) mass is 252 g/mol. The molecule has 0 atom stereocenters. The van der Waals surface area contributed by atoms with Crippen LogP contribution in [-0.4, -0.2) is 4.98 Å². The molecule has 0 unspecified atom stereocenters. The van der Waals surface area contributed by atoms with E-state index in [-0.39, 0.29) is 0 Å². The van der Waals surface area contributed by atoms with Crippen LogP contribution in [0.1, 0.15) is 11.3 Å². The topological polar surface area (TPSA) is 38.9 Å². The normalized spacial score (nSPS) is 11.6. The molecule has 1 aromatic heterocycles. The summed E-state index contributed by atoms with van der Waals surface area (Å²) in [7, 11) is 0. The Morgan fingerprint density at radius 3 is 2.56 bits per heavy atom. The fraction of sp³-hybridized carbons (Fsp3) is 0.154. The Hall–Kier alpha value is -2.04. The molecular weight excluding hydrogens is 241 g/mol. The van der Waals surface area contributed by atoms with Crippen LogP contribution in [0.15, 0.2) is 36.5 Å². The summed E-state index contributed by atoms with van der Waals surface area (Å²) in [5.74, 6) is 0. The molecule has 2 nitrogen and oxygen atoms in total. The minimum Gasteiger partial charge on any atom is -0.397 e. The van der Waals surface area contributed by atoms with Crippen molar-refractivity contribution in [3.63, 3.8) is 0 Å². The van der Waals surface area contributed by atoms with Gasteiger partial charge in [-0.05, 0) is 30.7 Å². The second kappa shape index (κ2) is 4.33. The van der Waals surface area contributed by atoms with Crippen LogP contribution in [0.25, 0.3) is 11.1 Å². The third-order valence-electron chi connectivity index (χ3n) is 2.69. The number of hydrogen-bond donors (Lipinski definition) is 1. The minimum absolute atomic E-state index is 0.400. The Kier molecular flexibility index (Phi) is 2.98. The number of anilines is 1. The average Bonchev–Trinajstić information content (AvgIpc) is 2.32. The van der Waals surface area contributed by atoms with Gasteiger partial charge in [-0.15, -0.1) is 0 Å². The maximum absolute atomic E-state index is 12.6. The number of alkyl halides is 3. The molecule has 0 spiro atoms. The van der Waals surface area contributed by atoms with Crippen LogP contribution in [0.5, 0.6) is 0 Å². The van der Waals surface area contributed by atoms with Crippen molar-refractivity contribution in [2.75, 3.05) is 5.73 Å². The van der Waals surface area contributed by atoms with Crippen molar-refractivity contribution < 1.29 is 13.2 Å². The number of aromatic nitrogens is 1. The van der Waals surface area contributed by atoms with E-state index in [1.54, 1.807) is 19.1 Å². The van der Waals surface area contributed by atoms with E-state index < -0.39 is 11.7 Å². The van der Waals surface area contributed by atoms with Crippen molar-refractivity contribution in [1.82, 2.24) is 4.98 Å². The third kappa shape index (κ3) is 2.30. The second-order valence-corrected chi connectivity index (χ2v) is 3.94. The summed E-state index contributed by atoms with van der Waals surface area (Å²) in [5.41, 5.74) is 7.15. The number of rotatable bonds is 1. The van der Waals surface area contributed by atoms with Gasteiger partial charge in [0.25, 0.3) is 0 Å². The summed E-state index contributed by atoms with van der Waals surface area (Å²) < 4.78 is 37.9. The van der Waals surface area contributed by atoms with E-state index in [1.807, 2.05) is 0 Å². The van der Waals surface area contributed by atoms with Crippen molar-refractivity contribution in [1.29, 1.82) is 0 Å². The molecule has 0 amide bonds. The average molecular weight is 252 g/mol. The van der Waals surface area contributed by atoms with E-state index in [1.165, 1.54) is 12.3 Å². The fourth-order valence-corrected chi connectivity index (χ4v) is 1.69. The number of benzene rings is 1. The summed E-state index contributed by atoms with van der Waals surface area (Å²) in [5, 5.41) is 0. The molecule has 0 aliphatic heterocycles. The molecule has 0 bridgehead atoms. The molecule has 2 aromatic rings. The third-order valence-corrected chi connectivity index (χ3v) is 2.69. The van der Waals surface area contributed by atoms with Crippen LogP contribution in [0.3, 0.4) is 0 Å². The Labute approximate surface area is 102 Å². The standard InChI is InChI=1S/C13H11F3N2/c1-8-12(17)11(5-6-18-8)9-3-2-4-10(7-9)13(14,15)16/h2-7H,17H2,1H3. The van der Waals surface area contributed by atoms with Crippen molar-refractivity contribution in [3.8, 4) is 11.1 Å². The number of nitrogens with two attached hydrogens (primary N) is 1. The SMILES string of the molecule is Cc1nccc(-c2cccc(C(F)(F)F)c2)c1N. The van der Waals surface area contributed by atoms with Crippen molar-refractivity contribution in [2.45, 2.75) is 13.1 Å². The van der Waals surface area contributed by atoms with Gasteiger partial charge < -0.3 is 5.73 Å². The Bertz CT molecular complexity index is 577. The van der Waals surface area contributed by atoms with Gasteiger partial charge in [0.2, 0.25) is 0 Å². The van der Waals surface area contributed by atoms with Crippen LogP contribution < -0.4 is 5.73 Å². The summed E-state index contributed by atoms with van der Waals surface area (Å²) in [6.45, 7) is 1.71. The predicted octanol–water partition coefficient (Wildman–Crippen LogP) is 3.66. The lowest BCUT2D eigenvalue weighted by atomic mass is 10.0. The molecule has 1 heterocycles. The van der Waals surface area contributed by atoms with Gasteiger partial charge in [0.15, 0.2) is 0 Å². The highest BCUT2D eigenvalue weighted by Crippen LogP contribution is 2.34. The zero-order chi connectivity index (χ0) is 13.3. The maximum Gasteiger partial charge on any atom is 0.416 e. The van der Waals surface area contributed by atoms with Gasteiger partial charge in [-0.3, -0.25) is 4.98 Å². The van der Waals surface area contributed by atoms with E-state index >= 15 is 0 Å². The van der Waals surface area contributed by atoms with Gasteiger partial charge in [0.05, 0.1) is 16.9 Å². The van der Waals surface area contributed by atoms with Gasteiger partial charge in [-0.1, -0.05) is 12.1 Å². The van der Waals surface area contributed by atoms with Crippen LogP contribution >= 0.6 is 0 Å². The van der Waals surface area contributed by atoms with E-state index in [2.05, 4.69) is 4.98 Å². The van der Waals surface area contributed by atoms with Gasteiger partial charge >= 0.3 is 6.18 Å². The molecule has 0 fully saturated rings. The number of nitrogens with zero attached hydrogens (tertiary/aromatic N) is 1. The molecule has 2 N–H and O–H groups in total. The summed E-state index contributed by atoms with van der Waals surface area (Å²) in [6, 6.07) is 6.70. The first-order valence-electron chi connectivity index (χ1n) is 5.28. The largest absolute Gasteiger partial charge is 0.416 e. The molecule has 94 valence electrons. The first-order valence-corrected chi connectivity index (χ1v) is 5.28. The Morgan fingerprint density at radius 2 is 1.89 bits per heavy atom. The van der Waals surface area contributed by atoms with Gasteiger partial charge in [-0.25, -0.2) is 0 Å². The van der Waals surface area contributed by atoms with E-state index in [0.29, 0.717) is 22.5 Å². The number of hydrogen-bond acceptors (Lipinski definition) is 2. The first kappa shape index (κ1) is 12.4. The maximum atomic E-state index is 12.6. The molecule has 0 radical (unpaired) electrons. The first-order chi connectivity index (χ1) is 8.39. The molecule has 0 saturated heterocycles. The molecule has 5 heteroatoms. The molecule has 18 heavy (non-hydrogen) atoms. The van der Waals surface area contributed by atoms with E-state index in [0.717, 1.165) is 12.1 Å². The van der Waals surface area contributed by atoms with Crippen LogP contribution in [0.4, 0.5) is 18.9 Å². The molecule has 0 aliphatic rings. The highest BCUT2D eigenvalue weighted by atomic mass is 19.4. The summed E-state index contributed by atoms with van der Waals surface area (Å²) >= 11 is 0. The van der Waals surface area contributed by atoms with Crippen LogP contribution in [0.2, 0.25) is 0 Å². The quantitative estimate of drug-likeness (QED) is 0.841. The number of halogens is 3. The van der Waals surface area contributed by atoms with Crippen molar-refractivity contribution >= 4 is 5.69 Å². The van der Waals surface area contributed by atoms with Gasteiger partial charge in [0.1, 0.15) is 0 Å². The number of nitrogen functional groups attached to an aromatic ring is 1. The fourth-order valence-electron chi connectivity index (χ4n) is 1.69. The van der Waals surface area contributed by atoms with Gasteiger partial charge in [-0.2, -0.15) is 13.2 Å². The lowest BCUT2D eigenvalue weighted by molar-refractivity contribution is -0.137.